The predicted molar refractivity (Wildman–Crippen MR) is 99.4 cm³/mol. The number of nitrogens with zero attached hydrogens (tertiary/aromatic N) is 2. The summed E-state index contributed by atoms with van der Waals surface area (Å²) in [7, 11) is 0. The van der Waals surface area contributed by atoms with Gasteiger partial charge in [0.25, 0.3) is 5.91 Å². The topological polar surface area (TPSA) is 64.1 Å². The van der Waals surface area contributed by atoms with Crippen LogP contribution in [0.1, 0.15) is 26.5 Å². The Kier molecular flexibility index (Phi) is 5.40. The Hall–Kier alpha value is -2.73. The molecular weight excluding hydrogens is 334 g/mol. The molecule has 3 aromatic rings. The van der Waals surface area contributed by atoms with Gasteiger partial charge in [0.05, 0.1) is 6.61 Å². The molecule has 1 aromatic heterocycles. The zero-order valence-electron chi connectivity index (χ0n) is 14.2. The fourth-order valence-electron chi connectivity index (χ4n) is 2.32. The predicted octanol–water partition coefficient (Wildman–Crippen LogP) is 4.03. The van der Waals surface area contributed by atoms with Crippen LogP contribution in [0.15, 0.2) is 48.5 Å². The van der Waals surface area contributed by atoms with E-state index in [-0.39, 0.29) is 5.91 Å². The number of carbonyl (C=O) groups is 1. The van der Waals surface area contributed by atoms with Gasteiger partial charge in [-0.05, 0) is 43.7 Å². The summed E-state index contributed by atoms with van der Waals surface area (Å²) in [5.74, 6) is 0.667. The highest BCUT2D eigenvalue weighted by atomic mass is 32.1. The minimum atomic E-state index is -0.178. The molecule has 128 valence electrons. The SMILES string of the molecule is Cc1cccc(OCCc2nnc(NC(=O)c3cccc(C)c3)s2)c1. The lowest BCUT2D eigenvalue weighted by molar-refractivity contribution is 0.102. The van der Waals surface area contributed by atoms with E-state index >= 15 is 0 Å². The molecule has 0 saturated heterocycles. The van der Waals surface area contributed by atoms with Crippen LogP contribution < -0.4 is 10.1 Å². The first-order valence-electron chi connectivity index (χ1n) is 8.00. The molecule has 0 spiro atoms. The lowest BCUT2D eigenvalue weighted by Crippen LogP contribution is -2.11. The highest BCUT2D eigenvalue weighted by molar-refractivity contribution is 7.15. The second kappa shape index (κ2) is 7.90. The molecule has 1 N–H and O–H groups in total. The summed E-state index contributed by atoms with van der Waals surface area (Å²) in [6.07, 6.45) is 0.645. The van der Waals surface area contributed by atoms with Gasteiger partial charge >= 0.3 is 0 Å². The van der Waals surface area contributed by atoms with Gasteiger partial charge in [-0.3, -0.25) is 10.1 Å². The van der Waals surface area contributed by atoms with Crippen LogP contribution in [0.4, 0.5) is 5.13 Å². The van der Waals surface area contributed by atoms with Crippen molar-refractivity contribution in [3.63, 3.8) is 0 Å². The average Bonchev–Trinajstić information content (AvgIpc) is 3.02. The Bertz CT molecular complexity index is 876. The molecule has 1 amide bonds. The quantitative estimate of drug-likeness (QED) is 0.727. The summed E-state index contributed by atoms with van der Waals surface area (Å²) < 4.78 is 5.72. The fourth-order valence-corrected chi connectivity index (χ4v) is 3.04. The third kappa shape index (κ3) is 4.87. The van der Waals surface area contributed by atoms with Crippen molar-refractivity contribution in [3.05, 3.63) is 70.2 Å². The molecule has 0 saturated carbocycles. The van der Waals surface area contributed by atoms with E-state index in [1.165, 1.54) is 11.3 Å². The fraction of sp³-hybridized carbons (Fsp3) is 0.211. The van der Waals surface area contributed by atoms with Crippen molar-refractivity contribution in [3.8, 4) is 5.75 Å². The monoisotopic (exact) mass is 353 g/mol. The number of nitrogens with one attached hydrogen (secondary N) is 1. The van der Waals surface area contributed by atoms with Crippen molar-refractivity contribution in [2.45, 2.75) is 20.3 Å². The lowest BCUT2D eigenvalue weighted by Gasteiger charge is -2.05. The van der Waals surface area contributed by atoms with Crippen LogP contribution >= 0.6 is 11.3 Å². The molecule has 2 aromatic carbocycles. The number of ether oxygens (including phenoxy) is 1. The molecule has 1 heterocycles. The van der Waals surface area contributed by atoms with Gasteiger partial charge in [-0.2, -0.15) is 0 Å². The van der Waals surface area contributed by atoms with Gasteiger partial charge < -0.3 is 4.74 Å². The highest BCUT2D eigenvalue weighted by Gasteiger charge is 2.10. The maximum Gasteiger partial charge on any atom is 0.257 e. The van der Waals surface area contributed by atoms with E-state index in [0.29, 0.717) is 23.7 Å². The third-order valence-corrected chi connectivity index (χ3v) is 4.44. The minimum Gasteiger partial charge on any atom is -0.493 e. The molecule has 0 aliphatic heterocycles. The van der Waals surface area contributed by atoms with E-state index in [1.807, 2.05) is 56.3 Å². The Morgan fingerprint density at radius 3 is 2.60 bits per heavy atom. The maximum atomic E-state index is 12.2. The molecular formula is C19H19N3O2S. The van der Waals surface area contributed by atoms with Crippen LogP contribution in [-0.4, -0.2) is 22.7 Å². The first-order chi connectivity index (χ1) is 12.1. The van der Waals surface area contributed by atoms with Crippen LogP contribution in [-0.2, 0) is 6.42 Å². The van der Waals surface area contributed by atoms with Crippen molar-refractivity contribution in [1.82, 2.24) is 10.2 Å². The normalized spacial score (nSPS) is 10.5. The summed E-state index contributed by atoms with van der Waals surface area (Å²) in [6, 6.07) is 15.4. The summed E-state index contributed by atoms with van der Waals surface area (Å²) in [5, 5.41) is 12.2. The Morgan fingerprint density at radius 2 is 1.84 bits per heavy atom. The largest absolute Gasteiger partial charge is 0.493 e. The number of rotatable bonds is 6. The van der Waals surface area contributed by atoms with Crippen molar-refractivity contribution in [2.75, 3.05) is 11.9 Å². The van der Waals surface area contributed by atoms with Gasteiger partial charge in [-0.25, -0.2) is 0 Å². The summed E-state index contributed by atoms with van der Waals surface area (Å²) in [4.78, 5) is 12.2. The van der Waals surface area contributed by atoms with Gasteiger partial charge in [-0.1, -0.05) is 41.2 Å². The average molecular weight is 353 g/mol. The molecule has 5 nitrogen and oxygen atoms in total. The number of amides is 1. The molecule has 0 unspecified atom stereocenters. The first-order valence-corrected chi connectivity index (χ1v) is 8.82. The molecule has 0 aliphatic rings. The van der Waals surface area contributed by atoms with Gasteiger partial charge in [0.15, 0.2) is 0 Å². The number of hydrogen-bond donors (Lipinski definition) is 1. The number of hydrogen-bond acceptors (Lipinski definition) is 5. The van der Waals surface area contributed by atoms with E-state index < -0.39 is 0 Å². The van der Waals surface area contributed by atoms with Crippen LogP contribution in [0.3, 0.4) is 0 Å². The first kappa shape index (κ1) is 17.1. The van der Waals surface area contributed by atoms with E-state index in [9.17, 15) is 4.79 Å². The maximum absolute atomic E-state index is 12.2. The van der Waals surface area contributed by atoms with Crippen LogP contribution in [0.25, 0.3) is 0 Å². The molecule has 0 bridgehead atoms. The Morgan fingerprint density at radius 1 is 1.08 bits per heavy atom. The number of aromatic nitrogens is 2. The van der Waals surface area contributed by atoms with Gasteiger partial charge in [0, 0.05) is 12.0 Å². The van der Waals surface area contributed by atoms with Crippen molar-refractivity contribution < 1.29 is 9.53 Å². The lowest BCUT2D eigenvalue weighted by atomic mass is 10.1. The smallest absolute Gasteiger partial charge is 0.257 e. The number of aryl methyl sites for hydroxylation is 2. The van der Waals surface area contributed by atoms with E-state index in [2.05, 4.69) is 15.5 Å². The van der Waals surface area contributed by atoms with E-state index in [1.54, 1.807) is 6.07 Å². The zero-order valence-corrected chi connectivity index (χ0v) is 15.0. The van der Waals surface area contributed by atoms with Gasteiger partial charge in [-0.15, -0.1) is 10.2 Å². The van der Waals surface area contributed by atoms with Crippen LogP contribution in [0, 0.1) is 13.8 Å². The molecule has 6 heteroatoms. The second-order valence-electron chi connectivity index (χ2n) is 5.74. The molecule has 0 aliphatic carbocycles. The number of benzene rings is 2. The summed E-state index contributed by atoms with van der Waals surface area (Å²) in [6.45, 7) is 4.50. The van der Waals surface area contributed by atoms with Gasteiger partial charge in [0.1, 0.15) is 10.8 Å². The van der Waals surface area contributed by atoms with Crippen molar-refractivity contribution >= 4 is 22.4 Å². The highest BCUT2D eigenvalue weighted by Crippen LogP contribution is 2.18. The Labute approximate surface area is 150 Å². The number of carbonyl (C=O) groups excluding carboxylic acids is 1. The molecule has 0 fully saturated rings. The Balaban J connectivity index is 1.53. The zero-order chi connectivity index (χ0) is 17.6. The molecule has 3 rings (SSSR count). The van der Waals surface area contributed by atoms with Crippen LogP contribution in [0.2, 0.25) is 0 Å². The van der Waals surface area contributed by atoms with Crippen molar-refractivity contribution in [2.24, 2.45) is 0 Å². The van der Waals surface area contributed by atoms with E-state index in [4.69, 9.17) is 4.74 Å². The summed E-state index contributed by atoms with van der Waals surface area (Å²) in [5.41, 5.74) is 2.81. The van der Waals surface area contributed by atoms with Crippen molar-refractivity contribution in [1.29, 1.82) is 0 Å². The minimum absolute atomic E-state index is 0.178. The van der Waals surface area contributed by atoms with Gasteiger partial charge in [0.2, 0.25) is 5.13 Å². The third-order valence-electron chi connectivity index (χ3n) is 3.54. The molecule has 25 heavy (non-hydrogen) atoms. The molecule has 0 atom stereocenters. The van der Waals surface area contributed by atoms with Crippen LogP contribution in [0.5, 0.6) is 5.75 Å². The summed E-state index contributed by atoms with van der Waals surface area (Å²) >= 11 is 1.36. The standard InChI is InChI=1S/C19H19N3O2S/c1-13-5-3-7-15(11-13)18(23)20-19-22-21-17(25-19)9-10-24-16-8-4-6-14(2)12-16/h3-8,11-12H,9-10H2,1-2H3,(H,20,22,23). The second-order valence-corrected chi connectivity index (χ2v) is 6.80. The number of anilines is 1. The van der Waals surface area contributed by atoms with E-state index in [0.717, 1.165) is 21.9 Å². The molecule has 0 radical (unpaired) electrons.